The van der Waals surface area contributed by atoms with Crippen molar-refractivity contribution in [1.29, 1.82) is 0 Å². The molecule has 0 fully saturated rings. The van der Waals surface area contributed by atoms with Gasteiger partial charge in [-0.15, -0.1) is 0 Å². The normalized spacial score (nSPS) is 12.5. The number of nitrogens with one attached hydrogen (secondary N) is 1. The third-order valence-electron chi connectivity index (χ3n) is 3.20. The van der Waals surface area contributed by atoms with Gasteiger partial charge in [0.1, 0.15) is 5.82 Å². The second-order valence-electron chi connectivity index (χ2n) is 4.77. The van der Waals surface area contributed by atoms with E-state index < -0.39 is 0 Å². The molecule has 0 bridgehead atoms. The number of para-hydroxylation sites is 1. The molecule has 0 spiro atoms. The van der Waals surface area contributed by atoms with Crippen LogP contribution in [0.25, 0.3) is 0 Å². The maximum atomic E-state index is 14.1. The van der Waals surface area contributed by atoms with E-state index in [0.29, 0.717) is 18.8 Å². The van der Waals surface area contributed by atoms with Crippen LogP contribution in [0, 0.1) is 5.82 Å². The number of hydrogen-bond acceptors (Lipinski definition) is 3. The Morgan fingerprint density at radius 3 is 2.79 bits per heavy atom. The molecule has 0 aliphatic rings. The first-order valence-corrected chi connectivity index (χ1v) is 6.83. The average molecular weight is 268 g/mol. The zero-order valence-corrected chi connectivity index (χ0v) is 12.4. The van der Waals surface area contributed by atoms with Crippen LogP contribution in [0.5, 0.6) is 0 Å². The van der Waals surface area contributed by atoms with Gasteiger partial charge in [-0.2, -0.15) is 0 Å². The van der Waals surface area contributed by atoms with E-state index in [1.807, 2.05) is 18.0 Å². The van der Waals surface area contributed by atoms with Gasteiger partial charge in [0, 0.05) is 26.7 Å². The zero-order chi connectivity index (χ0) is 14.3. The van der Waals surface area contributed by atoms with Gasteiger partial charge in [-0.1, -0.05) is 19.1 Å². The lowest BCUT2D eigenvalue weighted by Gasteiger charge is -2.26. The van der Waals surface area contributed by atoms with Gasteiger partial charge in [0.25, 0.3) is 0 Å². The minimum Gasteiger partial charge on any atom is -0.383 e. The Kier molecular flexibility index (Phi) is 6.81. The molecule has 3 nitrogen and oxygen atoms in total. The van der Waals surface area contributed by atoms with Crippen LogP contribution in [0.3, 0.4) is 0 Å². The molecule has 0 saturated heterocycles. The Hall–Kier alpha value is -1.13. The molecule has 1 aromatic carbocycles. The van der Waals surface area contributed by atoms with E-state index in [1.165, 1.54) is 6.07 Å². The molecule has 0 amide bonds. The summed E-state index contributed by atoms with van der Waals surface area (Å²) in [4.78, 5) is 1.91. The second-order valence-corrected chi connectivity index (χ2v) is 4.77. The lowest BCUT2D eigenvalue weighted by atomic mass is 10.0. The largest absolute Gasteiger partial charge is 0.383 e. The Morgan fingerprint density at radius 2 is 2.16 bits per heavy atom. The first-order chi connectivity index (χ1) is 9.11. The van der Waals surface area contributed by atoms with Crippen molar-refractivity contribution in [2.45, 2.75) is 26.3 Å². The van der Waals surface area contributed by atoms with E-state index in [1.54, 1.807) is 13.2 Å². The smallest absolute Gasteiger partial charge is 0.146 e. The summed E-state index contributed by atoms with van der Waals surface area (Å²) in [5, 5.41) is 3.40. The van der Waals surface area contributed by atoms with Crippen LogP contribution in [0.15, 0.2) is 18.2 Å². The van der Waals surface area contributed by atoms with Gasteiger partial charge < -0.3 is 15.0 Å². The van der Waals surface area contributed by atoms with E-state index in [0.717, 1.165) is 18.5 Å². The van der Waals surface area contributed by atoms with E-state index in [9.17, 15) is 4.39 Å². The van der Waals surface area contributed by atoms with Crippen LogP contribution in [0.1, 0.15) is 31.9 Å². The van der Waals surface area contributed by atoms with Gasteiger partial charge in [0.2, 0.25) is 0 Å². The molecule has 1 aromatic rings. The summed E-state index contributed by atoms with van der Waals surface area (Å²) < 4.78 is 19.2. The number of benzene rings is 1. The van der Waals surface area contributed by atoms with Gasteiger partial charge in [-0.25, -0.2) is 4.39 Å². The molecule has 0 radical (unpaired) electrons. The third-order valence-corrected chi connectivity index (χ3v) is 3.20. The highest BCUT2D eigenvalue weighted by Crippen LogP contribution is 2.28. The molecule has 0 aliphatic heterocycles. The predicted molar refractivity (Wildman–Crippen MR) is 78.3 cm³/mol. The fourth-order valence-electron chi connectivity index (χ4n) is 2.09. The highest BCUT2D eigenvalue weighted by Gasteiger charge is 2.16. The van der Waals surface area contributed by atoms with E-state index in [4.69, 9.17) is 4.74 Å². The van der Waals surface area contributed by atoms with Crippen molar-refractivity contribution >= 4 is 5.69 Å². The second kappa shape index (κ2) is 8.12. The third kappa shape index (κ3) is 4.48. The molecule has 1 rings (SSSR count). The van der Waals surface area contributed by atoms with Crippen molar-refractivity contribution in [2.24, 2.45) is 0 Å². The summed E-state index contributed by atoms with van der Waals surface area (Å²) in [6.45, 7) is 6.37. The Morgan fingerprint density at radius 1 is 1.42 bits per heavy atom. The highest BCUT2D eigenvalue weighted by atomic mass is 19.1. The fraction of sp³-hybridized carbons (Fsp3) is 0.600. The molecule has 1 N–H and O–H groups in total. The summed E-state index contributed by atoms with van der Waals surface area (Å²) in [6.07, 6.45) is 1.06. The average Bonchev–Trinajstić information content (AvgIpc) is 2.41. The van der Waals surface area contributed by atoms with Crippen LogP contribution in [0.2, 0.25) is 0 Å². The van der Waals surface area contributed by atoms with Crippen LogP contribution in [-0.2, 0) is 4.74 Å². The summed E-state index contributed by atoms with van der Waals surface area (Å²) >= 11 is 0. The molecule has 0 saturated carbocycles. The van der Waals surface area contributed by atoms with Crippen LogP contribution >= 0.6 is 0 Å². The molecular formula is C15H25FN2O. The van der Waals surface area contributed by atoms with E-state index in [-0.39, 0.29) is 11.9 Å². The summed E-state index contributed by atoms with van der Waals surface area (Å²) in [7, 11) is 3.55. The van der Waals surface area contributed by atoms with Gasteiger partial charge in [0.05, 0.1) is 12.3 Å². The monoisotopic (exact) mass is 268 g/mol. The lowest BCUT2D eigenvalue weighted by Crippen LogP contribution is -2.27. The SMILES string of the molecule is CCCNC(C)c1cccc(F)c1N(C)CCOC. The Bertz CT molecular complexity index is 384. The number of hydrogen-bond donors (Lipinski definition) is 1. The quantitative estimate of drug-likeness (QED) is 0.784. The number of methoxy groups -OCH3 is 1. The topological polar surface area (TPSA) is 24.5 Å². The number of ether oxygens (including phenoxy) is 1. The van der Waals surface area contributed by atoms with Crippen molar-refractivity contribution in [3.05, 3.63) is 29.6 Å². The van der Waals surface area contributed by atoms with Crippen molar-refractivity contribution in [2.75, 3.05) is 38.8 Å². The van der Waals surface area contributed by atoms with Gasteiger partial charge in [0.15, 0.2) is 0 Å². The number of halogens is 1. The zero-order valence-electron chi connectivity index (χ0n) is 12.4. The maximum absolute atomic E-state index is 14.1. The summed E-state index contributed by atoms with van der Waals surface area (Å²) in [6, 6.07) is 5.39. The molecule has 0 aromatic heterocycles. The number of rotatable bonds is 8. The van der Waals surface area contributed by atoms with Crippen molar-refractivity contribution < 1.29 is 9.13 Å². The summed E-state index contributed by atoms with van der Waals surface area (Å²) in [5.74, 6) is -0.179. The maximum Gasteiger partial charge on any atom is 0.146 e. The van der Waals surface area contributed by atoms with E-state index in [2.05, 4.69) is 19.2 Å². The van der Waals surface area contributed by atoms with Crippen molar-refractivity contribution in [3.8, 4) is 0 Å². The Balaban J connectivity index is 2.93. The fourth-order valence-corrected chi connectivity index (χ4v) is 2.09. The van der Waals surface area contributed by atoms with Gasteiger partial charge in [-0.3, -0.25) is 0 Å². The summed E-state index contributed by atoms with van der Waals surface area (Å²) in [5.41, 5.74) is 1.66. The number of nitrogens with zero attached hydrogens (tertiary/aromatic N) is 1. The number of likely N-dealkylation sites (N-methyl/N-ethyl adjacent to an activating group) is 1. The van der Waals surface area contributed by atoms with Gasteiger partial charge >= 0.3 is 0 Å². The molecular weight excluding hydrogens is 243 g/mol. The first kappa shape index (κ1) is 15.9. The molecule has 19 heavy (non-hydrogen) atoms. The molecule has 1 unspecified atom stereocenters. The molecule has 0 heterocycles. The molecule has 0 aliphatic carbocycles. The van der Waals surface area contributed by atoms with Crippen LogP contribution < -0.4 is 10.2 Å². The standard InChI is InChI=1S/C15H25FN2O/c1-5-9-17-12(2)13-7-6-8-14(16)15(13)18(3)10-11-19-4/h6-8,12,17H,5,9-11H2,1-4H3. The Labute approximate surface area is 115 Å². The van der Waals surface area contributed by atoms with Crippen LogP contribution in [-0.4, -0.2) is 33.9 Å². The molecule has 1 atom stereocenters. The number of anilines is 1. The predicted octanol–water partition coefficient (Wildman–Crippen LogP) is 2.97. The lowest BCUT2D eigenvalue weighted by molar-refractivity contribution is 0.206. The molecule has 108 valence electrons. The van der Waals surface area contributed by atoms with Gasteiger partial charge in [-0.05, 0) is 31.5 Å². The molecule has 4 heteroatoms. The minimum absolute atomic E-state index is 0.135. The van der Waals surface area contributed by atoms with Crippen molar-refractivity contribution in [3.63, 3.8) is 0 Å². The van der Waals surface area contributed by atoms with Crippen LogP contribution in [0.4, 0.5) is 10.1 Å². The van der Waals surface area contributed by atoms with Crippen molar-refractivity contribution in [1.82, 2.24) is 5.32 Å². The minimum atomic E-state index is -0.179. The highest BCUT2D eigenvalue weighted by molar-refractivity contribution is 5.55. The van der Waals surface area contributed by atoms with E-state index >= 15 is 0 Å². The first-order valence-electron chi connectivity index (χ1n) is 6.83.